The van der Waals surface area contributed by atoms with Crippen LogP contribution in [0.15, 0.2) is 40.9 Å². The fourth-order valence-electron chi connectivity index (χ4n) is 1.81. The van der Waals surface area contributed by atoms with E-state index in [0.717, 1.165) is 16.1 Å². The Morgan fingerprint density at radius 1 is 1.10 bits per heavy atom. The molecule has 2 nitrogen and oxygen atoms in total. The summed E-state index contributed by atoms with van der Waals surface area (Å²) >= 11 is 3.43. The van der Waals surface area contributed by atoms with E-state index in [1.807, 2.05) is 12.1 Å². The number of nitrogens with two attached hydrogens (primary N) is 1. The number of halogens is 3. The number of benzene rings is 2. The van der Waals surface area contributed by atoms with Gasteiger partial charge in [-0.1, -0.05) is 28.1 Å². The minimum Gasteiger partial charge on any atom is -0.489 e. The van der Waals surface area contributed by atoms with E-state index in [1.54, 1.807) is 6.07 Å². The Morgan fingerprint density at radius 3 is 2.65 bits per heavy atom. The first-order chi connectivity index (χ1) is 9.61. The van der Waals surface area contributed by atoms with Gasteiger partial charge in [-0.15, -0.1) is 0 Å². The molecule has 2 aromatic rings. The van der Waals surface area contributed by atoms with Crippen molar-refractivity contribution in [3.8, 4) is 5.75 Å². The highest BCUT2D eigenvalue weighted by molar-refractivity contribution is 9.10. The summed E-state index contributed by atoms with van der Waals surface area (Å²) in [6.07, 6.45) is 0.714. The lowest BCUT2D eigenvalue weighted by atomic mass is 10.1. The van der Waals surface area contributed by atoms with E-state index in [2.05, 4.69) is 15.9 Å². The summed E-state index contributed by atoms with van der Waals surface area (Å²) < 4.78 is 33.0. The molecule has 0 bridgehead atoms. The molecule has 0 radical (unpaired) electrons. The van der Waals surface area contributed by atoms with Gasteiger partial charge in [0, 0.05) is 10.0 Å². The summed E-state index contributed by atoms with van der Waals surface area (Å²) in [5, 5.41) is 0. The molecule has 2 N–H and O–H groups in total. The molecule has 0 aliphatic heterocycles. The molecule has 0 spiro atoms. The van der Waals surface area contributed by atoms with Crippen molar-refractivity contribution >= 4 is 15.9 Å². The van der Waals surface area contributed by atoms with Gasteiger partial charge in [0.25, 0.3) is 0 Å². The maximum atomic E-state index is 13.5. The monoisotopic (exact) mass is 341 g/mol. The van der Waals surface area contributed by atoms with Crippen LogP contribution >= 0.6 is 15.9 Å². The fraction of sp³-hybridized carbons (Fsp3) is 0.200. The Kier molecular flexibility index (Phi) is 5.09. The molecular weight excluding hydrogens is 328 g/mol. The first kappa shape index (κ1) is 14.9. The predicted octanol–water partition coefficient (Wildman–Crippen LogP) is 3.81. The van der Waals surface area contributed by atoms with E-state index in [4.69, 9.17) is 10.5 Å². The van der Waals surface area contributed by atoms with Crippen LogP contribution < -0.4 is 10.5 Å². The molecule has 0 aliphatic rings. The molecule has 106 valence electrons. The topological polar surface area (TPSA) is 35.2 Å². The second-order valence-corrected chi connectivity index (χ2v) is 5.15. The quantitative estimate of drug-likeness (QED) is 0.897. The molecule has 0 saturated carbocycles. The van der Waals surface area contributed by atoms with Crippen LogP contribution in [0.3, 0.4) is 0 Å². The van der Waals surface area contributed by atoms with Gasteiger partial charge in [-0.05, 0) is 42.8 Å². The number of rotatable bonds is 5. The SMILES string of the molecule is NCCc1cc(OCc2cccc(F)c2F)ccc1Br. The molecule has 5 heteroatoms. The zero-order valence-electron chi connectivity index (χ0n) is 10.7. The van der Waals surface area contributed by atoms with Crippen molar-refractivity contribution in [2.24, 2.45) is 5.73 Å². The largest absolute Gasteiger partial charge is 0.489 e. The van der Waals surface area contributed by atoms with E-state index < -0.39 is 11.6 Å². The zero-order chi connectivity index (χ0) is 14.5. The molecular formula is C15H14BrF2NO. The Morgan fingerprint density at radius 2 is 1.90 bits per heavy atom. The second-order valence-electron chi connectivity index (χ2n) is 4.29. The van der Waals surface area contributed by atoms with Gasteiger partial charge >= 0.3 is 0 Å². The summed E-state index contributed by atoms with van der Waals surface area (Å²) in [4.78, 5) is 0. The first-order valence-corrected chi connectivity index (χ1v) is 6.95. The summed E-state index contributed by atoms with van der Waals surface area (Å²) in [6, 6.07) is 9.49. The molecule has 0 saturated heterocycles. The van der Waals surface area contributed by atoms with Gasteiger partial charge in [-0.2, -0.15) is 0 Å². The minimum atomic E-state index is -0.870. The standard InChI is InChI=1S/C15H14BrF2NO/c16-13-5-4-12(8-10(13)6-7-19)20-9-11-2-1-3-14(17)15(11)18/h1-5,8H,6-7,9,19H2. The highest BCUT2D eigenvalue weighted by Gasteiger charge is 2.08. The molecule has 0 aromatic heterocycles. The van der Waals surface area contributed by atoms with Gasteiger partial charge in [-0.3, -0.25) is 0 Å². The van der Waals surface area contributed by atoms with E-state index in [1.165, 1.54) is 12.1 Å². The molecule has 0 fully saturated rings. The third-order valence-corrected chi connectivity index (χ3v) is 3.63. The van der Waals surface area contributed by atoms with Crippen LogP contribution in [0, 0.1) is 11.6 Å². The summed E-state index contributed by atoms with van der Waals surface area (Å²) in [5.74, 6) is -1.14. The normalized spacial score (nSPS) is 10.6. The maximum absolute atomic E-state index is 13.5. The summed E-state index contributed by atoms with van der Waals surface area (Å²) in [7, 11) is 0. The Balaban J connectivity index is 2.11. The van der Waals surface area contributed by atoms with E-state index in [9.17, 15) is 8.78 Å². The van der Waals surface area contributed by atoms with Crippen molar-refractivity contribution in [2.75, 3.05) is 6.54 Å². The molecule has 0 heterocycles. The van der Waals surface area contributed by atoms with Crippen molar-refractivity contribution < 1.29 is 13.5 Å². The van der Waals surface area contributed by atoms with Gasteiger partial charge < -0.3 is 10.5 Å². The van der Waals surface area contributed by atoms with Gasteiger partial charge in [0.2, 0.25) is 0 Å². The molecule has 0 aliphatic carbocycles. The molecule has 0 amide bonds. The van der Waals surface area contributed by atoms with Gasteiger partial charge in [0.15, 0.2) is 11.6 Å². The van der Waals surface area contributed by atoms with Crippen molar-refractivity contribution in [2.45, 2.75) is 13.0 Å². The zero-order valence-corrected chi connectivity index (χ0v) is 12.3. The predicted molar refractivity (Wildman–Crippen MR) is 77.6 cm³/mol. The molecule has 0 unspecified atom stereocenters. The van der Waals surface area contributed by atoms with Crippen molar-refractivity contribution in [3.63, 3.8) is 0 Å². The van der Waals surface area contributed by atoms with Crippen LogP contribution in [0.5, 0.6) is 5.75 Å². The Bertz CT molecular complexity index is 604. The minimum absolute atomic E-state index is 0.0205. The van der Waals surface area contributed by atoms with Crippen LogP contribution in [0.2, 0.25) is 0 Å². The average molecular weight is 342 g/mol. The lowest BCUT2D eigenvalue weighted by Crippen LogP contribution is -2.04. The fourth-order valence-corrected chi connectivity index (χ4v) is 2.25. The summed E-state index contributed by atoms with van der Waals surface area (Å²) in [6.45, 7) is 0.508. The third-order valence-electron chi connectivity index (χ3n) is 2.86. The van der Waals surface area contributed by atoms with E-state index >= 15 is 0 Å². The van der Waals surface area contributed by atoms with Crippen LogP contribution in [-0.4, -0.2) is 6.54 Å². The number of ether oxygens (including phenoxy) is 1. The number of hydrogen-bond donors (Lipinski definition) is 1. The third kappa shape index (κ3) is 3.55. The van der Waals surface area contributed by atoms with Crippen LogP contribution in [0.1, 0.15) is 11.1 Å². The van der Waals surface area contributed by atoms with Gasteiger partial charge in [0.1, 0.15) is 12.4 Å². The smallest absolute Gasteiger partial charge is 0.165 e. The van der Waals surface area contributed by atoms with Gasteiger partial charge in [0.05, 0.1) is 0 Å². The highest BCUT2D eigenvalue weighted by Crippen LogP contribution is 2.24. The molecule has 20 heavy (non-hydrogen) atoms. The van der Waals surface area contributed by atoms with Crippen molar-refractivity contribution in [1.82, 2.24) is 0 Å². The Hall–Kier alpha value is -1.46. The van der Waals surface area contributed by atoms with Crippen LogP contribution in [-0.2, 0) is 13.0 Å². The lowest BCUT2D eigenvalue weighted by Gasteiger charge is -2.10. The van der Waals surface area contributed by atoms with E-state index in [-0.39, 0.29) is 12.2 Å². The highest BCUT2D eigenvalue weighted by atomic mass is 79.9. The summed E-state index contributed by atoms with van der Waals surface area (Å²) in [5.41, 5.74) is 6.73. The van der Waals surface area contributed by atoms with Crippen LogP contribution in [0.25, 0.3) is 0 Å². The Labute approximate surface area is 124 Å². The molecule has 2 rings (SSSR count). The van der Waals surface area contributed by atoms with Crippen molar-refractivity contribution in [1.29, 1.82) is 0 Å². The number of hydrogen-bond acceptors (Lipinski definition) is 2. The second kappa shape index (κ2) is 6.81. The molecule has 0 atom stereocenters. The average Bonchev–Trinajstić information content (AvgIpc) is 2.44. The van der Waals surface area contributed by atoms with Gasteiger partial charge in [-0.25, -0.2) is 8.78 Å². The maximum Gasteiger partial charge on any atom is 0.165 e. The molecule has 2 aromatic carbocycles. The lowest BCUT2D eigenvalue weighted by molar-refractivity contribution is 0.297. The van der Waals surface area contributed by atoms with Crippen molar-refractivity contribution in [3.05, 3.63) is 63.6 Å². The first-order valence-electron chi connectivity index (χ1n) is 6.16. The van der Waals surface area contributed by atoms with E-state index in [0.29, 0.717) is 18.7 Å². The van der Waals surface area contributed by atoms with Crippen LogP contribution in [0.4, 0.5) is 8.78 Å².